The van der Waals surface area contributed by atoms with Crippen molar-refractivity contribution >= 4 is 5.97 Å². The second-order valence-corrected chi connectivity index (χ2v) is 4.70. The summed E-state index contributed by atoms with van der Waals surface area (Å²) in [7, 11) is 0. The number of para-hydroxylation sites is 1. The molecule has 4 heteroatoms. The van der Waals surface area contributed by atoms with Crippen molar-refractivity contribution in [1.82, 2.24) is 0 Å². The molecule has 1 aliphatic carbocycles. The quantitative estimate of drug-likeness (QED) is 0.755. The van der Waals surface area contributed by atoms with E-state index in [1.165, 1.54) is 6.42 Å². The SMILES string of the molecule is O=C(OC1CCCCC1)c1cccc2c1OCO2. The van der Waals surface area contributed by atoms with Gasteiger partial charge in [0.2, 0.25) is 6.79 Å². The molecule has 1 heterocycles. The zero-order valence-electron chi connectivity index (χ0n) is 10.2. The zero-order valence-corrected chi connectivity index (χ0v) is 10.2. The Morgan fingerprint density at radius 2 is 2.00 bits per heavy atom. The van der Waals surface area contributed by atoms with Crippen molar-refractivity contribution in [3.63, 3.8) is 0 Å². The third-order valence-electron chi connectivity index (χ3n) is 3.44. The topological polar surface area (TPSA) is 44.8 Å². The summed E-state index contributed by atoms with van der Waals surface area (Å²) in [5, 5.41) is 0. The second-order valence-electron chi connectivity index (χ2n) is 4.70. The highest BCUT2D eigenvalue weighted by Gasteiger charge is 2.25. The van der Waals surface area contributed by atoms with Gasteiger partial charge in [-0.05, 0) is 37.8 Å². The summed E-state index contributed by atoms with van der Waals surface area (Å²) in [5.41, 5.74) is 0.468. The number of esters is 1. The van der Waals surface area contributed by atoms with E-state index in [1.807, 2.05) is 0 Å². The van der Waals surface area contributed by atoms with E-state index < -0.39 is 0 Å². The molecule has 18 heavy (non-hydrogen) atoms. The number of hydrogen-bond acceptors (Lipinski definition) is 4. The standard InChI is InChI=1S/C14H16O4/c15-14(18-10-5-2-1-3-6-10)11-7-4-8-12-13(11)17-9-16-12/h4,7-8,10H,1-3,5-6,9H2. The highest BCUT2D eigenvalue weighted by atomic mass is 16.7. The van der Waals surface area contributed by atoms with Gasteiger partial charge < -0.3 is 14.2 Å². The van der Waals surface area contributed by atoms with Gasteiger partial charge in [0.05, 0.1) is 0 Å². The van der Waals surface area contributed by atoms with Gasteiger partial charge in [0.1, 0.15) is 11.7 Å². The molecule has 0 amide bonds. The Morgan fingerprint density at radius 1 is 1.17 bits per heavy atom. The minimum absolute atomic E-state index is 0.0597. The first-order chi connectivity index (χ1) is 8.84. The van der Waals surface area contributed by atoms with Crippen LogP contribution in [0.3, 0.4) is 0 Å². The van der Waals surface area contributed by atoms with E-state index in [1.54, 1.807) is 18.2 Å². The first-order valence-corrected chi connectivity index (χ1v) is 6.44. The Bertz CT molecular complexity index is 449. The zero-order chi connectivity index (χ0) is 12.4. The van der Waals surface area contributed by atoms with Crippen LogP contribution in [0.1, 0.15) is 42.5 Å². The van der Waals surface area contributed by atoms with Gasteiger partial charge in [0.15, 0.2) is 11.5 Å². The smallest absolute Gasteiger partial charge is 0.342 e. The summed E-state index contributed by atoms with van der Waals surface area (Å²) in [6, 6.07) is 5.30. The molecule has 2 aliphatic rings. The van der Waals surface area contributed by atoms with E-state index in [0.717, 1.165) is 25.7 Å². The first kappa shape index (κ1) is 11.4. The summed E-state index contributed by atoms with van der Waals surface area (Å²) >= 11 is 0. The van der Waals surface area contributed by atoms with Crippen LogP contribution in [0.15, 0.2) is 18.2 Å². The highest BCUT2D eigenvalue weighted by Crippen LogP contribution is 2.36. The minimum atomic E-state index is -0.302. The van der Waals surface area contributed by atoms with Gasteiger partial charge in [0, 0.05) is 0 Å². The van der Waals surface area contributed by atoms with Crippen LogP contribution in [0, 0.1) is 0 Å². The van der Waals surface area contributed by atoms with Gasteiger partial charge in [-0.3, -0.25) is 0 Å². The lowest BCUT2D eigenvalue weighted by atomic mass is 9.98. The fourth-order valence-electron chi connectivity index (χ4n) is 2.49. The lowest BCUT2D eigenvalue weighted by Crippen LogP contribution is -2.21. The van der Waals surface area contributed by atoms with Gasteiger partial charge >= 0.3 is 5.97 Å². The number of carbonyl (C=O) groups excluding carboxylic acids is 1. The molecule has 0 spiro atoms. The average Bonchev–Trinajstić information content (AvgIpc) is 2.87. The van der Waals surface area contributed by atoms with Crippen molar-refractivity contribution in [3.05, 3.63) is 23.8 Å². The lowest BCUT2D eigenvalue weighted by molar-refractivity contribution is 0.0207. The number of rotatable bonds is 2. The summed E-state index contributed by atoms with van der Waals surface area (Å²) in [6.45, 7) is 0.170. The third-order valence-corrected chi connectivity index (χ3v) is 3.44. The molecular weight excluding hydrogens is 232 g/mol. The minimum Gasteiger partial charge on any atom is -0.459 e. The summed E-state index contributed by atoms with van der Waals surface area (Å²) in [5.74, 6) is 0.829. The molecule has 1 aliphatic heterocycles. The van der Waals surface area contributed by atoms with Crippen molar-refractivity contribution in [3.8, 4) is 11.5 Å². The van der Waals surface area contributed by atoms with Crippen molar-refractivity contribution in [2.24, 2.45) is 0 Å². The predicted octanol–water partition coefficient (Wildman–Crippen LogP) is 2.90. The predicted molar refractivity (Wildman–Crippen MR) is 64.9 cm³/mol. The van der Waals surface area contributed by atoms with Crippen molar-refractivity contribution < 1.29 is 19.0 Å². The molecule has 1 aromatic carbocycles. The molecular formula is C14H16O4. The number of fused-ring (bicyclic) bond motifs is 1. The Labute approximate surface area is 106 Å². The van der Waals surface area contributed by atoms with Gasteiger partial charge in [-0.15, -0.1) is 0 Å². The molecule has 0 aromatic heterocycles. The third kappa shape index (κ3) is 2.15. The Morgan fingerprint density at radius 3 is 2.83 bits per heavy atom. The van der Waals surface area contributed by atoms with E-state index >= 15 is 0 Å². The second kappa shape index (κ2) is 4.88. The summed E-state index contributed by atoms with van der Waals surface area (Å²) in [4.78, 5) is 12.1. The van der Waals surface area contributed by atoms with E-state index in [0.29, 0.717) is 17.1 Å². The monoisotopic (exact) mass is 248 g/mol. The van der Waals surface area contributed by atoms with Crippen LogP contribution in [-0.2, 0) is 4.74 Å². The number of carbonyl (C=O) groups is 1. The van der Waals surface area contributed by atoms with Crippen LogP contribution in [0.25, 0.3) is 0 Å². The van der Waals surface area contributed by atoms with Gasteiger partial charge in [-0.2, -0.15) is 0 Å². The van der Waals surface area contributed by atoms with Crippen LogP contribution >= 0.6 is 0 Å². The Kier molecular flexibility index (Phi) is 3.09. The maximum Gasteiger partial charge on any atom is 0.342 e. The highest BCUT2D eigenvalue weighted by molar-refractivity contribution is 5.93. The average molecular weight is 248 g/mol. The van der Waals surface area contributed by atoms with E-state index in [2.05, 4.69) is 0 Å². The Hall–Kier alpha value is -1.71. The molecule has 0 unspecified atom stereocenters. The molecule has 1 fully saturated rings. The van der Waals surface area contributed by atoms with Gasteiger partial charge in [-0.25, -0.2) is 4.79 Å². The molecule has 3 rings (SSSR count). The molecule has 0 atom stereocenters. The van der Waals surface area contributed by atoms with Crippen LogP contribution in [0.2, 0.25) is 0 Å². The van der Waals surface area contributed by atoms with Crippen molar-refractivity contribution in [2.45, 2.75) is 38.2 Å². The van der Waals surface area contributed by atoms with E-state index in [-0.39, 0.29) is 18.9 Å². The van der Waals surface area contributed by atoms with Crippen LogP contribution in [0.5, 0.6) is 11.5 Å². The van der Waals surface area contributed by atoms with E-state index in [4.69, 9.17) is 14.2 Å². The van der Waals surface area contributed by atoms with Crippen molar-refractivity contribution in [1.29, 1.82) is 0 Å². The van der Waals surface area contributed by atoms with E-state index in [9.17, 15) is 4.79 Å². The molecule has 0 N–H and O–H groups in total. The fourth-order valence-corrected chi connectivity index (χ4v) is 2.49. The fraction of sp³-hybridized carbons (Fsp3) is 0.500. The first-order valence-electron chi connectivity index (χ1n) is 6.44. The van der Waals surface area contributed by atoms with Crippen LogP contribution in [-0.4, -0.2) is 18.9 Å². The van der Waals surface area contributed by atoms with Crippen molar-refractivity contribution in [2.75, 3.05) is 6.79 Å². The molecule has 1 saturated carbocycles. The van der Waals surface area contributed by atoms with Gasteiger partial charge in [0.25, 0.3) is 0 Å². The van der Waals surface area contributed by atoms with Gasteiger partial charge in [-0.1, -0.05) is 12.5 Å². The Balaban J connectivity index is 1.74. The number of benzene rings is 1. The maximum atomic E-state index is 12.1. The summed E-state index contributed by atoms with van der Waals surface area (Å²) < 4.78 is 16.1. The molecule has 0 bridgehead atoms. The largest absolute Gasteiger partial charge is 0.459 e. The number of ether oxygens (including phenoxy) is 3. The lowest BCUT2D eigenvalue weighted by Gasteiger charge is -2.21. The van der Waals surface area contributed by atoms with Crippen LogP contribution < -0.4 is 9.47 Å². The number of hydrogen-bond donors (Lipinski definition) is 0. The molecule has 96 valence electrons. The maximum absolute atomic E-state index is 12.1. The van der Waals surface area contributed by atoms with Crippen LogP contribution in [0.4, 0.5) is 0 Å². The molecule has 4 nitrogen and oxygen atoms in total. The molecule has 0 saturated heterocycles. The molecule has 1 aromatic rings. The summed E-state index contributed by atoms with van der Waals surface area (Å²) in [6.07, 6.45) is 5.53. The normalized spacial score (nSPS) is 18.7. The molecule has 0 radical (unpaired) electrons.